The van der Waals surface area contributed by atoms with Gasteiger partial charge in [-0.3, -0.25) is 4.79 Å². The lowest BCUT2D eigenvalue weighted by molar-refractivity contribution is -0.274. The molecule has 16 heavy (non-hydrogen) atoms. The van der Waals surface area contributed by atoms with Crippen molar-refractivity contribution in [1.82, 2.24) is 0 Å². The minimum atomic E-state index is -5.03. The van der Waals surface area contributed by atoms with Crippen LogP contribution in [-0.4, -0.2) is 12.1 Å². The molecule has 0 unspecified atom stereocenters. The van der Waals surface area contributed by atoms with Crippen LogP contribution >= 0.6 is 0 Å². The van der Waals surface area contributed by atoms with Crippen molar-refractivity contribution in [2.75, 3.05) is 0 Å². The van der Waals surface area contributed by atoms with E-state index in [1.165, 1.54) is 0 Å². The Morgan fingerprint density at radius 2 is 1.81 bits per heavy atom. The zero-order chi connectivity index (χ0) is 12.5. The molecule has 1 aromatic carbocycles. The second-order valence-corrected chi connectivity index (χ2v) is 2.87. The molecular weight excluding hydrogens is 235 g/mol. The molecule has 0 amide bonds. The number of carbonyl (C=O) groups excluding carboxylic acids is 1. The van der Waals surface area contributed by atoms with E-state index in [-0.39, 0.29) is 6.07 Å². The molecule has 1 rings (SSSR count). The van der Waals surface area contributed by atoms with Gasteiger partial charge in [-0.1, -0.05) is 0 Å². The first-order valence-corrected chi connectivity index (χ1v) is 3.96. The minimum Gasteiger partial charge on any atom is -0.406 e. The number of Topliss-reactive ketones (excluding diaryl/α,β-unsaturated/α-hetero) is 1. The molecule has 0 bridgehead atoms. The van der Waals surface area contributed by atoms with Gasteiger partial charge in [-0.25, -0.2) is 8.78 Å². The smallest absolute Gasteiger partial charge is 0.406 e. The van der Waals surface area contributed by atoms with Gasteiger partial charge in [0, 0.05) is 6.07 Å². The Morgan fingerprint density at radius 3 is 2.25 bits per heavy atom. The van der Waals surface area contributed by atoms with Gasteiger partial charge in [0.25, 0.3) is 0 Å². The fraction of sp³-hybridized carbons (Fsp3) is 0.222. The highest BCUT2D eigenvalue weighted by Crippen LogP contribution is 2.26. The van der Waals surface area contributed by atoms with Crippen molar-refractivity contribution >= 4 is 5.78 Å². The largest absolute Gasteiger partial charge is 0.573 e. The van der Waals surface area contributed by atoms with E-state index in [2.05, 4.69) is 4.74 Å². The van der Waals surface area contributed by atoms with Crippen molar-refractivity contribution in [2.45, 2.75) is 13.3 Å². The third-order valence-corrected chi connectivity index (χ3v) is 1.61. The SMILES string of the molecule is CC(=O)c1cc(OC(F)(F)F)cc(F)c1F. The Bertz CT molecular complexity index is 425. The molecule has 0 aromatic heterocycles. The van der Waals surface area contributed by atoms with Crippen LogP contribution in [0.5, 0.6) is 5.75 Å². The third-order valence-electron chi connectivity index (χ3n) is 1.61. The van der Waals surface area contributed by atoms with Crippen molar-refractivity contribution in [1.29, 1.82) is 0 Å². The highest BCUT2D eigenvalue weighted by atomic mass is 19.4. The monoisotopic (exact) mass is 240 g/mol. The topological polar surface area (TPSA) is 26.3 Å². The minimum absolute atomic E-state index is 0.218. The summed E-state index contributed by atoms with van der Waals surface area (Å²) in [6.07, 6.45) is -5.03. The Kier molecular flexibility index (Phi) is 3.16. The van der Waals surface area contributed by atoms with Crippen LogP contribution in [0.15, 0.2) is 12.1 Å². The zero-order valence-electron chi connectivity index (χ0n) is 7.86. The van der Waals surface area contributed by atoms with E-state index in [4.69, 9.17) is 0 Å². The molecule has 0 spiro atoms. The van der Waals surface area contributed by atoms with Gasteiger partial charge in [0.1, 0.15) is 5.75 Å². The van der Waals surface area contributed by atoms with Crippen LogP contribution in [0, 0.1) is 11.6 Å². The number of ether oxygens (including phenoxy) is 1. The molecule has 0 aliphatic carbocycles. The van der Waals surface area contributed by atoms with Crippen molar-refractivity contribution in [3.63, 3.8) is 0 Å². The first-order chi connectivity index (χ1) is 7.20. The molecule has 0 atom stereocenters. The van der Waals surface area contributed by atoms with Crippen molar-refractivity contribution in [3.05, 3.63) is 29.3 Å². The van der Waals surface area contributed by atoms with E-state index in [0.29, 0.717) is 6.07 Å². The number of ketones is 1. The molecule has 0 saturated heterocycles. The number of rotatable bonds is 2. The maximum absolute atomic E-state index is 12.9. The van der Waals surface area contributed by atoms with Gasteiger partial charge in [0.2, 0.25) is 0 Å². The van der Waals surface area contributed by atoms with Crippen molar-refractivity contribution < 1.29 is 31.5 Å². The number of alkyl halides is 3. The van der Waals surface area contributed by atoms with Crippen LogP contribution in [0.1, 0.15) is 17.3 Å². The second-order valence-electron chi connectivity index (χ2n) is 2.87. The summed E-state index contributed by atoms with van der Waals surface area (Å²) >= 11 is 0. The summed E-state index contributed by atoms with van der Waals surface area (Å²) in [4.78, 5) is 10.8. The summed E-state index contributed by atoms with van der Waals surface area (Å²) in [7, 11) is 0. The highest BCUT2D eigenvalue weighted by Gasteiger charge is 2.32. The first kappa shape index (κ1) is 12.4. The quantitative estimate of drug-likeness (QED) is 0.586. The van der Waals surface area contributed by atoms with E-state index < -0.39 is 35.1 Å². The Balaban J connectivity index is 3.19. The van der Waals surface area contributed by atoms with Crippen LogP contribution < -0.4 is 4.74 Å². The molecule has 0 N–H and O–H groups in total. The van der Waals surface area contributed by atoms with Gasteiger partial charge < -0.3 is 4.74 Å². The molecule has 88 valence electrons. The molecule has 1 aromatic rings. The summed E-state index contributed by atoms with van der Waals surface area (Å²) in [5.74, 6) is -4.95. The van der Waals surface area contributed by atoms with E-state index in [9.17, 15) is 26.7 Å². The number of hydrogen-bond acceptors (Lipinski definition) is 2. The molecule has 0 fully saturated rings. The van der Waals surface area contributed by atoms with Gasteiger partial charge >= 0.3 is 6.36 Å². The number of hydrogen-bond donors (Lipinski definition) is 0. The van der Waals surface area contributed by atoms with E-state index in [1.807, 2.05) is 0 Å². The predicted octanol–water partition coefficient (Wildman–Crippen LogP) is 3.07. The van der Waals surface area contributed by atoms with Gasteiger partial charge in [-0.15, -0.1) is 13.2 Å². The van der Waals surface area contributed by atoms with Gasteiger partial charge in [0.05, 0.1) is 5.56 Å². The average Bonchev–Trinajstić information content (AvgIpc) is 2.07. The fourth-order valence-corrected chi connectivity index (χ4v) is 1.01. The lowest BCUT2D eigenvalue weighted by Gasteiger charge is -2.10. The maximum Gasteiger partial charge on any atom is 0.573 e. The zero-order valence-corrected chi connectivity index (χ0v) is 7.86. The molecule has 0 radical (unpaired) electrons. The first-order valence-electron chi connectivity index (χ1n) is 3.96. The van der Waals surface area contributed by atoms with Crippen LogP contribution in [0.3, 0.4) is 0 Å². The second kappa shape index (κ2) is 4.07. The Hall–Kier alpha value is -1.66. The van der Waals surface area contributed by atoms with E-state index in [0.717, 1.165) is 6.92 Å². The van der Waals surface area contributed by atoms with Crippen LogP contribution in [0.2, 0.25) is 0 Å². The van der Waals surface area contributed by atoms with E-state index >= 15 is 0 Å². The average molecular weight is 240 g/mol. The summed E-state index contributed by atoms with van der Waals surface area (Å²) in [6.45, 7) is 0.898. The predicted molar refractivity (Wildman–Crippen MR) is 43.0 cm³/mol. The lowest BCUT2D eigenvalue weighted by atomic mass is 10.1. The molecule has 0 saturated carbocycles. The molecule has 0 aliphatic heterocycles. The highest BCUT2D eigenvalue weighted by molar-refractivity contribution is 5.94. The Morgan fingerprint density at radius 1 is 1.25 bits per heavy atom. The molecule has 0 aliphatic rings. The summed E-state index contributed by atoms with van der Waals surface area (Å²) in [6, 6.07) is 0.712. The van der Waals surface area contributed by atoms with Crippen LogP contribution in [-0.2, 0) is 0 Å². The molecule has 2 nitrogen and oxygen atoms in total. The van der Waals surface area contributed by atoms with Gasteiger partial charge in [-0.05, 0) is 13.0 Å². The van der Waals surface area contributed by atoms with Crippen LogP contribution in [0.25, 0.3) is 0 Å². The summed E-state index contributed by atoms with van der Waals surface area (Å²) < 4.78 is 64.5. The number of benzene rings is 1. The molecule has 7 heteroatoms. The molecule has 0 heterocycles. The fourth-order valence-electron chi connectivity index (χ4n) is 1.01. The van der Waals surface area contributed by atoms with E-state index in [1.54, 1.807) is 0 Å². The molecular formula is C9H5F5O2. The standard InChI is InChI=1S/C9H5F5O2/c1-4(15)6-2-5(16-9(12,13)14)3-7(10)8(6)11/h2-3H,1H3. The normalized spacial score (nSPS) is 11.4. The van der Waals surface area contributed by atoms with Crippen molar-refractivity contribution in [3.8, 4) is 5.75 Å². The third kappa shape index (κ3) is 2.91. The van der Waals surface area contributed by atoms with Crippen molar-refractivity contribution in [2.24, 2.45) is 0 Å². The van der Waals surface area contributed by atoms with Gasteiger partial charge in [0.15, 0.2) is 17.4 Å². The maximum atomic E-state index is 12.9. The lowest BCUT2D eigenvalue weighted by Crippen LogP contribution is -2.18. The van der Waals surface area contributed by atoms with Crippen LogP contribution in [0.4, 0.5) is 22.0 Å². The Labute approximate surface area is 86.6 Å². The van der Waals surface area contributed by atoms with Gasteiger partial charge in [-0.2, -0.15) is 0 Å². The summed E-state index contributed by atoms with van der Waals surface area (Å²) in [5, 5.41) is 0. The number of halogens is 5. The number of carbonyl (C=O) groups is 1. The summed E-state index contributed by atoms with van der Waals surface area (Å²) in [5.41, 5.74) is -0.792.